The number of benzene rings is 2. The Balaban J connectivity index is 1.81. The molecule has 4 heteroatoms. The van der Waals surface area contributed by atoms with E-state index in [-0.39, 0.29) is 11.9 Å². The van der Waals surface area contributed by atoms with Crippen molar-refractivity contribution in [2.75, 3.05) is 5.73 Å². The number of hydrogen-bond acceptors (Lipinski definition) is 2. The smallest absolute Gasteiger partial charge is 0.253 e. The third kappa shape index (κ3) is 2.37. The van der Waals surface area contributed by atoms with Gasteiger partial charge in [0.15, 0.2) is 0 Å². The number of carbonyl (C=O) groups is 1. The third-order valence-electron chi connectivity index (χ3n) is 3.67. The molecular weight excluding hydrogens is 272 g/mol. The second-order valence-electron chi connectivity index (χ2n) is 5.00. The molecule has 2 aromatic carbocycles. The van der Waals surface area contributed by atoms with Crippen molar-refractivity contribution in [3.8, 4) is 0 Å². The molecule has 3 nitrogen and oxygen atoms in total. The van der Waals surface area contributed by atoms with Crippen molar-refractivity contribution in [3.63, 3.8) is 0 Å². The molecule has 0 radical (unpaired) electrons. The first-order valence-electron chi connectivity index (χ1n) is 6.59. The Kier molecular flexibility index (Phi) is 3.36. The highest BCUT2D eigenvalue weighted by Crippen LogP contribution is 2.32. The Morgan fingerprint density at radius 3 is 2.85 bits per heavy atom. The van der Waals surface area contributed by atoms with Crippen LogP contribution in [0.15, 0.2) is 42.5 Å². The maximum Gasteiger partial charge on any atom is 0.253 e. The molecule has 3 N–H and O–H groups in total. The molecule has 1 unspecified atom stereocenters. The fraction of sp³-hybridized carbons (Fsp3) is 0.188. The first kappa shape index (κ1) is 13.0. The van der Waals surface area contributed by atoms with Crippen molar-refractivity contribution in [3.05, 3.63) is 64.2 Å². The van der Waals surface area contributed by atoms with Gasteiger partial charge in [-0.15, -0.1) is 0 Å². The van der Waals surface area contributed by atoms with Crippen molar-refractivity contribution in [1.29, 1.82) is 0 Å². The summed E-state index contributed by atoms with van der Waals surface area (Å²) < 4.78 is 0. The molecule has 0 aliphatic heterocycles. The minimum Gasteiger partial charge on any atom is -0.399 e. The van der Waals surface area contributed by atoms with Crippen LogP contribution in [0.2, 0.25) is 5.02 Å². The number of nitrogens with two attached hydrogens (primary N) is 1. The van der Waals surface area contributed by atoms with Gasteiger partial charge in [-0.3, -0.25) is 4.79 Å². The third-order valence-corrected chi connectivity index (χ3v) is 4.00. The van der Waals surface area contributed by atoms with Crippen molar-refractivity contribution in [2.24, 2.45) is 0 Å². The largest absolute Gasteiger partial charge is 0.399 e. The molecule has 2 aromatic rings. The second-order valence-corrected chi connectivity index (χ2v) is 5.41. The summed E-state index contributed by atoms with van der Waals surface area (Å²) in [5, 5.41) is 3.52. The Hall–Kier alpha value is -2.00. The zero-order chi connectivity index (χ0) is 14.1. The highest BCUT2D eigenvalue weighted by atomic mass is 35.5. The van der Waals surface area contributed by atoms with E-state index in [1.54, 1.807) is 12.1 Å². The molecule has 0 fully saturated rings. The quantitative estimate of drug-likeness (QED) is 0.832. The van der Waals surface area contributed by atoms with Crippen molar-refractivity contribution >= 4 is 23.2 Å². The van der Waals surface area contributed by atoms with Crippen LogP contribution in [-0.4, -0.2) is 5.91 Å². The van der Waals surface area contributed by atoms with E-state index in [1.807, 2.05) is 30.3 Å². The number of fused-ring (bicyclic) bond motifs is 1. The van der Waals surface area contributed by atoms with E-state index < -0.39 is 0 Å². The van der Waals surface area contributed by atoms with Crippen LogP contribution < -0.4 is 11.1 Å². The summed E-state index contributed by atoms with van der Waals surface area (Å²) in [6.07, 6.45) is 1.84. The maximum atomic E-state index is 12.3. The first-order chi connectivity index (χ1) is 9.65. The van der Waals surface area contributed by atoms with Crippen LogP contribution in [0.3, 0.4) is 0 Å². The maximum absolute atomic E-state index is 12.3. The van der Waals surface area contributed by atoms with E-state index in [0.29, 0.717) is 10.6 Å². The lowest BCUT2D eigenvalue weighted by Crippen LogP contribution is -2.27. The van der Waals surface area contributed by atoms with E-state index in [2.05, 4.69) is 5.32 Å². The van der Waals surface area contributed by atoms with Gasteiger partial charge < -0.3 is 11.1 Å². The number of halogens is 1. The molecule has 0 saturated heterocycles. The van der Waals surface area contributed by atoms with Crippen molar-refractivity contribution in [1.82, 2.24) is 5.32 Å². The fourth-order valence-electron chi connectivity index (χ4n) is 2.67. The van der Waals surface area contributed by atoms with Crippen molar-refractivity contribution in [2.45, 2.75) is 18.9 Å². The summed E-state index contributed by atoms with van der Waals surface area (Å²) in [7, 11) is 0. The number of nitrogens with one attached hydrogen (secondary N) is 1. The van der Waals surface area contributed by atoms with Crippen LogP contribution in [0, 0.1) is 0 Å². The number of rotatable bonds is 2. The van der Waals surface area contributed by atoms with Crippen molar-refractivity contribution < 1.29 is 4.79 Å². The SMILES string of the molecule is Nc1ccc2c(c1)CCC2NC(=O)c1ccccc1Cl. The predicted octanol–water partition coefficient (Wildman–Crippen LogP) is 3.34. The van der Waals surface area contributed by atoms with Crippen LogP contribution in [0.4, 0.5) is 5.69 Å². The van der Waals surface area contributed by atoms with E-state index in [0.717, 1.165) is 24.1 Å². The minimum absolute atomic E-state index is 0.0365. The Bertz CT molecular complexity index is 669. The van der Waals surface area contributed by atoms with E-state index in [1.165, 1.54) is 5.56 Å². The predicted molar refractivity (Wildman–Crippen MR) is 80.8 cm³/mol. The number of aryl methyl sites for hydroxylation is 1. The highest BCUT2D eigenvalue weighted by Gasteiger charge is 2.24. The average molecular weight is 287 g/mol. The molecule has 0 heterocycles. The van der Waals surface area contributed by atoms with E-state index in [4.69, 9.17) is 17.3 Å². The first-order valence-corrected chi connectivity index (χ1v) is 6.96. The normalized spacial score (nSPS) is 16.8. The van der Waals surface area contributed by atoms with Gasteiger partial charge in [0.2, 0.25) is 0 Å². The van der Waals surface area contributed by atoms with Gasteiger partial charge in [-0.25, -0.2) is 0 Å². The van der Waals surface area contributed by atoms with E-state index >= 15 is 0 Å². The Labute approximate surface area is 122 Å². The number of anilines is 1. The summed E-state index contributed by atoms with van der Waals surface area (Å²) in [4.78, 5) is 12.3. The lowest BCUT2D eigenvalue weighted by atomic mass is 10.1. The number of nitrogen functional groups attached to an aromatic ring is 1. The summed E-state index contributed by atoms with van der Waals surface area (Å²) in [5.74, 6) is -0.134. The highest BCUT2D eigenvalue weighted by molar-refractivity contribution is 6.33. The summed E-state index contributed by atoms with van der Waals surface area (Å²) >= 11 is 6.05. The molecule has 0 bridgehead atoms. The molecule has 0 spiro atoms. The Morgan fingerprint density at radius 1 is 1.25 bits per heavy atom. The van der Waals surface area contributed by atoms with Gasteiger partial charge in [-0.05, 0) is 48.2 Å². The molecule has 102 valence electrons. The molecule has 1 aliphatic rings. The average Bonchev–Trinajstić information content (AvgIpc) is 2.81. The van der Waals surface area contributed by atoms with Gasteiger partial charge in [-0.2, -0.15) is 0 Å². The summed E-state index contributed by atoms with van der Waals surface area (Å²) in [6, 6.07) is 13.0. The van der Waals surface area contributed by atoms with Crippen LogP contribution >= 0.6 is 11.6 Å². The lowest BCUT2D eigenvalue weighted by molar-refractivity contribution is 0.0937. The van der Waals surface area contributed by atoms with Gasteiger partial charge in [0.1, 0.15) is 0 Å². The van der Waals surface area contributed by atoms with Gasteiger partial charge >= 0.3 is 0 Å². The molecule has 1 amide bonds. The zero-order valence-electron chi connectivity index (χ0n) is 10.9. The van der Waals surface area contributed by atoms with E-state index in [9.17, 15) is 4.79 Å². The molecular formula is C16H15ClN2O. The second kappa shape index (κ2) is 5.17. The molecule has 0 aromatic heterocycles. The standard InChI is InChI=1S/C16H15ClN2O/c17-14-4-2-1-3-13(14)16(20)19-15-8-5-10-9-11(18)6-7-12(10)15/h1-4,6-7,9,15H,5,8,18H2,(H,19,20). The number of carbonyl (C=O) groups excluding carboxylic acids is 1. The van der Waals surface area contributed by atoms with Crippen LogP contribution in [-0.2, 0) is 6.42 Å². The molecule has 0 saturated carbocycles. The molecule has 1 aliphatic carbocycles. The van der Waals surface area contributed by atoms with Gasteiger partial charge in [0, 0.05) is 5.69 Å². The molecule has 1 atom stereocenters. The van der Waals surface area contributed by atoms with Crippen LogP contribution in [0.25, 0.3) is 0 Å². The van der Waals surface area contributed by atoms with Gasteiger partial charge in [-0.1, -0.05) is 29.8 Å². The number of hydrogen-bond donors (Lipinski definition) is 2. The molecule has 20 heavy (non-hydrogen) atoms. The summed E-state index contributed by atoms with van der Waals surface area (Å²) in [6.45, 7) is 0. The van der Waals surface area contributed by atoms with Crippen LogP contribution in [0.5, 0.6) is 0 Å². The number of amides is 1. The Morgan fingerprint density at radius 2 is 2.05 bits per heavy atom. The van der Waals surface area contributed by atoms with Gasteiger partial charge in [0.05, 0.1) is 16.6 Å². The van der Waals surface area contributed by atoms with Crippen LogP contribution in [0.1, 0.15) is 33.9 Å². The van der Waals surface area contributed by atoms with Gasteiger partial charge in [0.25, 0.3) is 5.91 Å². The topological polar surface area (TPSA) is 55.1 Å². The minimum atomic E-state index is -0.134. The molecule has 3 rings (SSSR count). The summed E-state index contributed by atoms with van der Waals surface area (Å²) in [5.41, 5.74) is 9.43. The lowest BCUT2D eigenvalue weighted by Gasteiger charge is -2.15. The zero-order valence-corrected chi connectivity index (χ0v) is 11.7. The fourth-order valence-corrected chi connectivity index (χ4v) is 2.89. The monoisotopic (exact) mass is 286 g/mol.